The number of esters is 1. The summed E-state index contributed by atoms with van der Waals surface area (Å²) in [6, 6.07) is -3.70. The molecule has 0 aromatic heterocycles. The van der Waals surface area contributed by atoms with E-state index in [2.05, 4.69) is 29.8 Å². The number of aliphatic hydroxyl groups is 2. The van der Waals surface area contributed by atoms with Crippen molar-refractivity contribution in [3.8, 4) is 0 Å². The molecule has 1 aliphatic rings. The summed E-state index contributed by atoms with van der Waals surface area (Å²) in [5.41, 5.74) is 10.5. The molecule has 9 N–H and O–H groups in total. The van der Waals surface area contributed by atoms with E-state index in [1.54, 1.807) is 0 Å². The van der Waals surface area contributed by atoms with Crippen molar-refractivity contribution in [1.82, 2.24) is 16.0 Å². The third-order valence-corrected chi connectivity index (χ3v) is 12.4. The van der Waals surface area contributed by atoms with E-state index in [1.807, 2.05) is 0 Å². The number of rotatable bonds is 40. The minimum atomic E-state index is -1.69. The molecule has 0 aliphatic carbocycles. The Bertz CT molecular complexity index is 1310. The lowest BCUT2D eigenvalue weighted by atomic mass is 9.93. The monoisotopic (exact) mass is 926 g/mol. The maximum Gasteiger partial charge on any atom is 0.309 e. The normalized spacial score (nSPS) is 19.8. The van der Waals surface area contributed by atoms with E-state index >= 15 is 0 Å². The van der Waals surface area contributed by atoms with Crippen LogP contribution in [0.1, 0.15) is 214 Å². The van der Waals surface area contributed by atoms with Crippen molar-refractivity contribution in [2.75, 3.05) is 6.61 Å². The van der Waals surface area contributed by atoms with Crippen LogP contribution in [0.15, 0.2) is 0 Å². The third-order valence-electron chi connectivity index (χ3n) is 12.4. The number of nitrogens with two attached hydrogens (primary N) is 2. The average molecular weight is 926 g/mol. The molecule has 65 heavy (non-hydrogen) atoms. The molecule has 2 unspecified atom stereocenters. The molecule has 1 fully saturated rings. The van der Waals surface area contributed by atoms with Crippen molar-refractivity contribution in [2.45, 2.75) is 263 Å². The van der Waals surface area contributed by atoms with Crippen molar-refractivity contribution in [2.24, 2.45) is 17.4 Å². The lowest BCUT2D eigenvalue weighted by Gasteiger charge is -2.43. The number of carbonyl (C=O) groups excluding carboxylic acids is 6. The van der Waals surface area contributed by atoms with E-state index < -0.39 is 90.9 Å². The van der Waals surface area contributed by atoms with Crippen molar-refractivity contribution >= 4 is 35.5 Å². The Hall–Kier alpha value is -3.34. The van der Waals surface area contributed by atoms with Crippen molar-refractivity contribution in [3.63, 3.8) is 0 Å². The zero-order valence-corrected chi connectivity index (χ0v) is 40.9. The maximum atomic E-state index is 13.7. The summed E-state index contributed by atoms with van der Waals surface area (Å²) in [6.07, 6.45) is 23.1. The minimum Gasteiger partial charge on any atom is -0.463 e. The van der Waals surface area contributed by atoms with Crippen LogP contribution in [0.4, 0.5) is 0 Å². The molecule has 16 heteroatoms. The molecule has 0 aromatic rings. The number of nitrogens with one attached hydrogen (secondary N) is 3. The summed E-state index contributed by atoms with van der Waals surface area (Å²) < 4.78 is 17.4. The second kappa shape index (κ2) is 36.7. The zero-order valence-electron chi connectivity index (χ0n) is 40.9. The molecule has 1 saturated heterocycles. The molecule has 0 spiro atoms. The fraction of sp³-hybridized carbons (Fsp3) is 0.878. The summed E-state index contributed by atoms with van der Waals surface area (Å²) in [7, 11) is 0. The first kappa shape index (κ1) is 59.7. The van der Waals surface area contributed by atoms with Gasteiger partial charge in [-0.25, -0.2) is 0 Å². The average Bonchev–Trinajstić information content (AvgIpc) is 3.26. The molecule has 0 bridgehead atoms. The smallest absolute Gasteiger partial charge is 0.309 e. The van der Waals surface area contributed by atoms with E-state index in [-0.39, 0.29) is 18.8 Å². The van der Waals surface area contributed by atoms with Crippen molar-refractivity contribution in [3.05, 3.63) is 0 Å². The quantitative estimate of drug-likeness (QED) is 0.0260. The molecule has 1 aliphatic heterocycles. The van der Waals surface area contributed by atoms with Gasteiger partial charge in [-0.3, -0.25) is 28.8 Å². The van der Waals surface area contributed by atoms with Crippen molar-refractivity contribution in [1.29, 1.82) is 0 Å². The summed E-state index contributed by atoms with van der Waals surface area (Å²) in [5.74, 6) is -4.42. The van der Waals surface area contributed by atoms with Crippen LogP contribution in [0.3, 0.4) is 0 Å². The van der Waals surface area contributed by atoms with Crippen LogP contribution >= 0.6 is 0 Å². The molecule has 0 radical (unpaired) electrons. The van der Waals surface area contributed by atoms with Crippen LogP contribution in [0.25, 0.3) is 0 Å². The predicted octanol–water partition coefficient (Wildman–Crippen LogP) is 6.43. The number of carbonyl (C=O) groups is 6. The SMILES string of the molecule is CCCCCCCCCCCCCCC(CCCCCCCCCCCCCC)C(=O)OC[C@H]1OC(O)[C@H](NC(C)=O)[C@@H](OC(C)C(=O)N[C@@H](C)C(=O)N[C@@H](CCC(N)=O)C(N)=O)[C@@H]1O. The first-order chi connectivity index (χ1) is 31.1. The van der Waals surface area contributed by atoms with Gasteiger partial charge >= 0.3 is 5.97 Å². The van der Waals surface area contributed by atoms with Crippen LogP contribution < -0.4 is 27.4 Å². The lowest BCUT2D eigenvalue weighted by Crippen LogP contribution is -2.66. The van der Waals surface area contributed by atoms with Gasteiger partial charge in [0.25, 0.3) is 0 Å². The molecule has 378 valence electrons. The van der Waals surface area contributed by atoms with E-state index in [4.69, 9.17) is 25.7 Å². The van der Waals surface area contributed by atoms with E-state index in [1.165, 1.54) is 136 Å². The number of unbranched alkanes of at least 4 members (excludes halogenated alkanes) is 22. The molecule has 0 saturated carbocycles. The second-order valence-electron chi connectivity index (χ2n) is 18.4. The van der Waals surface area contributed by atoms with Gasteiger partial charge in [0.05, 0.1) is 5.92 Å². The Balaban J connectivity index is 2.86. The Kier molecular flexibility index (Phi) is 33.7. The predicted molar refractivity (Wildman–Crippen MR) is 252 cm³/mol. The van der Waals surface area contributed by atoms with Gasteiger partial charge in [0.15, 0.2) is 6.29 Å². The van der Waals surface area contributed by atoms with Gasteiger partial charge in [0, 0.05) is 13.3 Å². The first-order valence-electron chi connectivity index (χ1n) is 25.4. The summed E-state index contributed by atoms with van der Waals surface area (Å²) in [5, 5.41) is 29.8. The Morgan fingerprint density at radius 3 is 1.49 bits per heavy atom. The molecule has 0 aromatic carbocycles. The number of aliphatic hydroxyl groups excluding tert-OH is 2. The number of hydrogen-bond acceptors (Lipinski definition) is 11. The standard InChI is InChI=1S/C49H91N5O11/c1-6-8-10-12-14-16-18-20-22-24-26-28-30-38(31-29-27-25-23-21-19-17-15-13-11-9-7-2)48(61)63-34-40-43(57)44(42(49(62)65-40)53-37(5)55)64-36(4)47(60)52-35(3)46(59)54-39(45(51)58)32-33-41(50)56/h35-36,38-40,42-44,49,57,62H,6-34H2,1-5H3,(H2,50,56)(H2,51,58)(H,52,60)(H,53,55)(H,54,59)/t35-,36?,39-,40+,42+,43+,44+,49?/m0/s1. The van der Waals surface area contributed by atoms with Crippen LogP contribution in [-0.4, -0.2) is 101 Å². The summed E-state index contributed by atoms with van der Waals surface area (Å²) in [6.45, 7) is 7.99. The largest absolute Gasteiger partial charge is 0.463 e. The van der Waals surface area contributed by atoms with Gasteiger partial charge < -0.3 is 51.8 Å². The zero-order chi connectivity index (χ0) is 48.4. The van der Waals surface area contributed by atoms with Crippen LogP contribution in [0, 0.1) is 5.92 Å². The van der Waals surface area contributed by atoms with Gasteiger partial charge in [-0.1, -0.05) is 168 Å². The van der Waals surface area contributed by atoms with Gasteiger partial charge in [-0.2, -0.15) is 0 Å². The highest BCUT2D eigenvalue weighted by molar-refractivity contribution is 5.92. The van der Waals surface area contributed by atoms with Gasteiger partial charge in [-0.15, -0.1) is 0 Å². The van der Waals surface area contributed by atoms with Gasteiger partial charge in [0.2, 0.25) is 29.5 Å². The number of primary amides is 2. The highest BCUT2D eigenvalue weighted by Crippen LogP contribution is 2.26. The molecule has 1 rings (SSSR count). The van der Waals surface area contributed by atoms with Gasteiger partial charge in [-0.05, 0) is 33.1 Å². The highest BCUT2D eigenvalue weighted by atomic mass is 16.6. The van der Waals surface area contributed by atoms with E-state index in [0.29, 0.717) is 12.8 Å². The molecule has 5 amide bonds. The Labute approximate surface area is 390 Å². The molecular weight excluding hydrogens is 835 g/mol. The van der Waals surface area contributed by atoms with Crippen molar-refractivity contribution < 1.29 is 53.2 Å². The Morgan fingerprint density at radius 2 is 1.08 bits per heavy atom. The number of ether oxygens (including phenoxy) is 3. The summed E-state index contributed by atoms with van der Waals surface area (Å²) in [4.78, 5) is 74.8. The highest BCUT2D eigenvalue weighted by Gasteiger charge is 2.47. The molecular formula is C49H91N5O11. The fourth-order valence-electron chi connectivity index (χ4n) is 8.31. The first-order valence-corrected chi connectivity index (χ1v) is 25.4. The molecule has 16 nitrogen and oxygen atoms in total. The second-order valence-corrected chi connectivity index (χ2v) is 18.4. The summed E-state index contributed by atoms with van der Waals surface area (Å²) >= 11 is 0. The minimum absolute atomic E-state index is 0.124. The van der Waals surface area contributed by atoms with E-state index in [9.17, 15) is 39.0 Å². The molecule has 8 atom stereocenters. The fourth-order valence-corrected chi connectivity index (χ4v) is 8.31. The Morgan fingerprint density at radius 1 is 0.631 bits per heavy atom. The maximum absolute atomic E-state index is 13.7. The topological polar surface area (TPSA) is 259 Å². The number of amides is 5. The number of hydrogen-bond donors (Lipinski definition) is 7. The molecule has 1 heterocycles. The lowest BCUT2D eigenvalue weighted by molar-refractivity contribution is -0.268. The van der Waals surface area contributed by atoms with Gasteiger partial charge in [0.1, 0.15) is 49.1 Å². The van der Waals surface area contributed by atoms with E-state index in [0.717, 1.165) is 38.5 Å². The third kappa shape index (κ3) is 27.8. The van der Waals surface area contributed by atoms with Crippen LogP contribution in [0.2, 0.25) is 0 Å². The van der Waals surface area contributed by atoms with Crippen LogP contribution in [-0.2, 0) is 43.0 Å². The van der Waals surface area contributed by atoms with Crippen LogP contribution in [0.5, 0.6) is 0 Å².